The van der Waals surface area contributed by atoms with Crippen LogP contribution in [-0.4, -0.2) is 78.8 Å². The second kappa shape index (κ2) is 7.41. The maximum Gasteiger partial charge on any atom is 0.274 e. The minimum absolute atomic E-state index is 0.107. The van der Waals surface area contributed by atoms with Gasteiger partial charge in [-0.15, -0.1) is 0 Å². The molecule has 1 aliphatic rings. The highest BCUT2D eigenvalue weighted by molar-refractivity contribution is 7.89. The molecule has 0 bridgehead atoms. The Hall–Kier alpha value is -2.23. The lowest BCUT2D eigenvalue weighted by Crippen LogP contribution is -2.35. The van der Waals surface area contributed by atoms with Crippen LogP contribution < -0.4 is 0 Å². The average Bonchev–Trinajstić information content (AvgIpc) is 3.02. The number of benzene rings is 1. The number of rotatable bonds is 5. The first-order valence-electron chi connectivity index (χ1n) is 8.83. The summed E-state index contributed by atoms with van der Waals surface area (Å²) >= 11 is 0. The van der Waals surface area contributed by atoms with Crippen molar-refractivity contribution in [3.05, 3.63) is 42.0 Å². The number of carbonyl (C=O) groups is 1. The number of sulfonamides is 1. The molecule has 27 heavy (non-hydrogen) atoms. The van der Waals surface area contributed by atoms with E-state index in [-0.39, 0.29) is 17.3 Å². The van der Waals surface area contributed by atoms with Crippen LogP contribution in [0.1, 0.15) is 23.1 Å². The standard InChI is InChI=1S/C18H25N5O3S/c1-5-22-12-15-17(18(24)21(4)11-10-20(2)3)19-13-23(15)14-8-6-7-9-16(14)27(22,25)26/h6-9,13H,5,10-12H2,1-4H3. The minimum Gasteiger partial charge on any atom is -0.339 e. The molecule has 9 heteroatoms. The highest BCUT2D eigenvalue weighted by Gasteiger charge is 2.34. The van der Waals surface area contributed by atoms with Gasteiger partial charge < -0.3 is 9.80 Å². The fraction of sp³-hybridized carbons (Fsp3) is 0.444. The molecule has 0 spiro atoms. The number of likely N-dealkylation sites (N-methyl/N-ethyl adjacent to an activating group) is 2. The molecule has 0 fully saturated rings. The van der Waals surface area contributed by atoms with Crippen LogP contribution in [0.15, 0.2) is 35.5 Å². The summed E-state index contributed by atoms with van der Waals surface area (Å²) in [5, 5.41) is 0. The maximum atomic E-state index is 13.0. The van der Waals surface area contributed by atoms with Crippen LogP contribution in [0, 0.1) is 0 Å². The van der Waals surface area contributed by atoms with Crippen molar-refractivity contribution in [1.82, 2.24) is 23.7 Å². The van der Waals surface area contributed by atoms with E-state index in [9.17, 15) is 13.2 Å². The first-order chi connectivity index (χ1) is 12.8. The van der Waals surface area contributed by atoms with Crippen molar-refractivity contribution < 1.29 is 13.2 Å². The molecule has 0 saturated carbocycles. The van der Waals surface area contributed by atoms with E-state index in [0.29, 0.717) is 30.2 Å². The SMILES string of the molecule is CCN1Cc2c(C(=O)N(C)CCN(C)C)ncn2-c2ccccc2S1(=O)=O. The van der Waals surface area contributed by atoms with Crippen LogP contribution >= 0.6 is 0 Å². The van der Waals surface area contributed by atoms with Gasteiger partial charge in [-0.05, 0) is 26.2 Å². The van der Waals surface area contributed by atoms with E-state index in [0.717, 1.165) is 6.54 Å². The maximum absolute atomic E-state index is 13.0. The Labute approximate surface area is 160 Å². The lowest BCUT2D eigenvalue weighted by molar-refractivity contribution is 0.0779. The van der Waals surface area contributed by atoms with Gasteiger partial charge >= 0.3 is 0 Å². The Kier molecular flexibility index (Phi) is 5.36. The van der Waals surface area contributed by atoms with Gasteiger partial charge in [0, 0.05) is 26.7 Å². The third-order valence-corrected chi connectivity index (χ3v) is 6.69. The molecule has 0 unspecified atom stereocenters. The number of amides is 1. The van der Waals surface area contributed by atoms with E-state index in [1.807, 2.05) is 19.0 Å². The molecule has 0 saturated heterocycles. The van der Waals surface area contributed by atoms with Crippen molar-refractivity contribution in [2.75, 3.05) is 40.8 Å². The summed E-state index contributed by atoms with van der Waals surface area (Å²) < 4.78 is 29.1. The Morgan fingerprint density at radius 1 is 1.19 bits per heavy atom. The van der Waals surface area contributed by atoms with Gasteiger partial charge in [-0.1, -0.05) is 19.1 Å². The Bertz CT molecular complexity index is 952. The van der Waals surface area contributed by atoms with Gasteiger partial charge in [-0.25, -0.2) is 13.4 Å². The van der Waals surface area contributed by atoms with Crippen molar-refractivity contribution >= 4 is 15.9 Å². The molecule has 0 atom stereocenters. The second-order valence-electron chi connectivity index (χ2n) is 6.84. The number of aromatic nitrogens is 2. The van der Waals surface area contributed by atoms with Gasteiger partial charge in [0.15, 0.2) is 5.69 Å². The average molecular weight is 391 g/mol. The molecule has 2 aromatic rings. The van der Waals surface area contributed by atoms with E-state index >= 15 is 0 Å². The largest absolute Gasteiger partial charge is 0.339 e. The second-order valence-corrected chi connectivity index (χ2v) is 8.75. The first kappa shape index (κ1) is 19.5. The van der Waals surface area contributed by atoms with Crippen LogP contribution in [0.2, 0.25) is 0 Å². The molecule has 3 rings (SSSR count). The third-order valence-electron chi connectivity index (χ3n) is 4.72. The normalized spacial score (nSPS) is 15.9. The van der Waals surface area contributed by atoms with Crippen LogP contribution in [0.5, 0.6) is 0 Å². The molecule has 1 aromatic carbocycles. The van der Waals surface area contributed by atoms with E-state index in [4.69, 9.17) is 0 Å². The zero-order valence-corrected chi connectivity index (χ0v) is 16.9. The van der Waals surface area contributed by atoms with Gasteiger partial charge in [0.2, 0.25) is 10.0 Å². The lowest BCUT2D eigenvalue weighted by Gasteiger charge is -2.21. The quantitative estimate of drug-likeness (QED) is 0.761. The van der Waals surface area contributed by atoms with Crippen molar-refractivity contribution in [2.24, 2.45) is 0 Å². The summed E-state index contributed by atoms with van der Waals surface area (Å²) in [4.78, 5) is 21.1. The molecule has 1 aromatic heterocycles. The van der Waals surface area contributed by atoms with E-state index in [2.05, 4.69) is 4.98 Å². The number of carbonyl (C=O) groups excluding carboxylic acids is 1. The predicted octanol–water partition coefficient (Wildman–Crippen LogP) is 1.03. The van der Waals surface area contributed by atoms with E-state index in [1.54, 1.807) is 47.7 Å². The van der Waals surface area contributed by atoms with Crippen molar-refractivity contribution in [1.29, 1.82) is 0 Å². The van der Waals surface area contributed by atoms with Gasteiger partial charge in [0.1, 0.15) is 11.2 Å². The predicted molar refractivity (Wildman–Crippen MR) is 102 cm³/mol. The van der Waals surface area contributed by atoms with Crippen LogP contribution in [0.25, 0.3) is 5.69 Å². The number of para-hydroxylation sites is 1. The third kappa shape index (κ3) is 3.50. The van der Waals surface area contributed by atoms with Gasteiger partial charge in [-0.2, -0.15) is 4.31 Å². The molecule has 0 N–H and O–H groups in total. The first-order valence-corrected chi connectivity index (χ1v) is 10.3. The van der Waals surface area contributed by atoms with Crippen molar-refractivity contribution in [2.45, 2.75) is 18.4 Å². The minimum atomic E-state index is -3.64. The van der Waals surface area contributed by atoms with E-state index in [1.165, 1.54) is 10.6 Å². The van der Waals surface area contributed by atoms with Crippen molar-refractivity contribution in [3.8, 4) is 5.69 Å². The number of fused-ring (bicyclic) bond motifs is 3. The zero-order valence-electron chi connectivity index (χ0n) is 16.1. The smallest absolute Gasteiger partial charge is 0.274 e. The highest BCUT2D eigenvalue weighted by atomic mass is 32.2. The zero-order chi connectivity index (χ0) is 19.8. The summed E-state index contributed by atoms with van der Waals surface area (Å²) in [6.07, 6.45) is 1.54. The van der Waals surface area contributed by atoms with Crippen LogP contribution in [-0.2, 0) is 16.6 Å². The summed E-state index contributed by atoms with van der Waals surface area (Å²) in [5.41, 5.74) is 1.40. The Balaban J connectivity index is 2.07. The summed E-state index contributed by atoms with van der Waals surface area (Å²) in [5.74, 6) is -0.210. The van der Waals surface area contributed by atoms with Crippen LogP contribution in [0.3, 0.4) is 0 Å². The highest BCUT2D eigenvalue weighted by Crippen LogP contribution is 2.31. The van der Waals surface area contributed by atoms with E-state index < -0.39 is 10.0 Å². The van der Waals surface area contributed by atoms with Gasteiger partial charge in [0.25, 0.3) is 5.91 Å². The summed E-state index contributed by atoms with van der Waals surface area (Å²) in [7, 11) is 1.99. The molecule has 8 nitrogen and oxygen atoms in total. The molecular formula is C18H25N5O3S. The number of hydrogen-bond donors (Lipinski definition) is 0. The molecule has 1 aliphatic heterocycles. The molecule has 0 aliphatic carbocycles. The Morgan fingerprint density at radius 2 is 1.89 bits per heavy atom. The number of hydrogen-bond acceptors (Lipinski definition) is 5. The molecule has 0 radical (unpaired) electrons. The summed E-state index contributed by atoms with van der Waals surface area (Å²) in [6.45, 7) is 3.50. The molecule has 146 valence electrons. The van der Waals surface area contributed by atoms with Gasteiger partial charge in [0.05, 0.1) is 17.9 Å². The fourth-order valence-corrected chi connectivity index (χ4v) is 4.68. The number of nitrogens with zero attached hydrogens (tertiary/aromatic N) is 5. The molecule has 2 heterocycles. The lowest BCUT2D eigenvalue weighted by atomic mass is 10.2. The molecule has 1 amide bonds. The van der Waals surface area contributed by atoms with Crippen molar-refractivity contribution in [3.63, 3.8) is 0 Å². The molecular weight excluding hydrogens is 366 g/mol. The summed E-state index contributed by atoms with van der Waals surface area (Å²) in [6, 6.07) is 6.81. The topological polar surface area (TPSA) is 78.8 Å². The Morgan fingerprint density at radius 3 is 2.56 bits per heavy atom. The monoisotopic (exact) mass is 391 g/mol. The fourth-order valence-electron chi connectivity index (χ4n) is 3.09. The van der Waals surface area contributed by atoms with Crippen LogP contribution in [0.4, 0.5) is 0 Å². The van der Waals surface area contributed by atoms with Gasteiger partial charge in [-0.3, -0.25) is 9.36 Å². The number of imidazole rings is 1.